The molecule has 1 aromatic carbocycles. The lowest BCUT2D eigenvalue weighted by Gasteiger charge is -2.23. The van der Waals surface area contributed by atoms with Crippen molar-refractivity contribution < 1.29 is 24.2 Å². The normalized spacial score (nSPS) is 21.6. The quantitative estimate of drug-likeness (QED) is 0.833. The number of benzene rings is 1. The average Bonchev–Trinajstić information content (AvgIpc) is 2.89. The Labute approximate surface area is 116 Å². The van der Waals surface area contributed by atoms with Gasteiger partial charge in [-0.25, -0.2) is 4.79 Å². The third-order valence-electron chi connectivity index (χ3n) is 3.28. The van der Waals surface area contributed by atoms with E-state index in [1.54, 1.807) is 25.3 Å². The van der Waals surface area contributed by atoms with Gasteiger partial charge in [-0.2, -0.15) is 0 Å². The van der Waals surface area contributed by atoms with Crippen molar-refractivity contribution in [2.75, 3.05) is 20.3 Å². The highest BCUT2D eigenvalue weighted by Crippen LogP contribution is 2.20. The number of carboxylic acids is 1. The Kier molecular flexibility index (Phi) is 4.36. The highest BCUT2D eigenvalue weighted by Gasteiger charge is 2.44. The van der Waals surface area contributed by atoms with Crippen LogP contribution in [0.25, 0.3) is 0 Å². The molecule has 6 nitrogen and oxygen atoms in total. The Morgan fingerprint density at radius 2 is 2.30 bits per heavy atom. The first kappa shape index (κ1) is 14.5. The molecule has 1 heterocycles. The van der Waals surface area contributed by atoms with Gasteiger partial charge in [0.15, 0.2) is 5.54 Å². The number of methoxy groups -OCH3 is 1. The molecule has 0 bridgehead atoms. The van der Waals surface area contributed by atoms with Crippen LogP contribution in [0.5, 0.6) is 0 Å². The standard InChI is InChI=1S/C14H17NO5/c1-19-8-10-3-2-4-11(7-10)12(16)15-14(13(17)18)5-6-20-9-14/h2-4,7H,5-6,8-9H2,1H3,(H,15,16)(H,17,18). The van der Waals surface area contributed by atoms with Crippen LogP contribution in [0.4, 0.5) is 0 Å². The maximum absolute atomic E-state index is 12.2. The zero-order valence-electron chi connectivity index (χ0n) is 11.2. The number of carboxylic acid groups (broad SMARTS) is 1. The molecule has 1 fully saturated rings. The third-order valence-corrected chi connectivity index (χ3v) is 3.28. The minimum atomic E-state index is -1.33. The highest BCUT2D eigenvalue weighted by atomic mass is 16.5. The summed E-state index contributed by atoms with van der Waals surface area (Å²) in [5.74, 6) is -1.49. The van der Waals surface area contributed by atoms with Crippen LogP contribution < -0.4 is 5.32 Å². The fraction of sp³-hybridized carbons (Fsp3) is 0.429. The van der Waals surface area contributed by atoms with Gasteiger partial charge in [-0.3, -0.25) is 4.79 Å². The number of hydrogen-bond donors (Lipinski definition) is 2. The molecule has 6 heteroatoms. The van der Waals surface area contributed by atoms with Crippen LogP contribution >= 0.6 is 0 Å². The van der Waals surface area contributed by atoms with Gasteiger partial charge in [0.25, 0.3) is 5.91 Å². The van der Waals surface area contributed by atoms with Crippen LogP contribution in [-0.4, -0.2) is 42.8 Å². The summed E-state index contributed by atoms with van der Waals surface area (Å²) < 4.78 is 10.1. The SMILES string of the molecule is COCc1cccc(C(=O)NC2(C(=O)O)CCOC2)c1. The fourth-order valence-electron chi connectivity index (χ4n) is 2.14. The number of hydrogen-bond acceptors (Lipinski definition) is 4. The molecule has 108 valence electrons. The van der Waals surface area contributed by atoms with E-state index < -0.39 is 17.4 Å². The minimum absolute atomic E-state index is 0.00810. The summed E-state index contributed by atoms with van der Waals surface area (Å²) in [6, 6.07) is 6.90. The summed E-state index contributed by atoms with van der Waals surface area (Å²) in [7, 11) is 1.57. The summed E-state index contributed by atoms with van der Waals surface area (Å²) in [4.78, 5) is 23.5. The molecular weight excluding hydrogens is 262 g/mol. The molecule has 0 aromatic heterocycles. The van der Waals surface area contributed by atoms with Gasteiger partial charge in [0.05, 0.1) is 13.2 Å². The van der Waals surface area contributed by atoms with Crippen LogP contribution in [0.15, 0.2) is 24.3 Å². The highest BCUT2D eigenvalue weighted by molar-refractivity contribution is 5.98. The lowest BCUT2D eigenvalue weighted by Crippen LogP contribution is -2.55. The average molecular weight is 279 g/mol. The van der Waals surface area contributed by atoms with Gasteiger partial charge in [-0.1, -0.05) is 12.1 Å². The molecule has 1 unspecified atom stereocenters. The molecule has 1 atom stereocenters. The second-order valence-electron chi connectivity index (χ2n) is 4.78. The first-order chi connectivity index (χ1) is 9.57. The van der Waals surface area contributed by atoms with Crippen molar-refractivity contribution in [1.29, 1.82) is 0 Å². The summed E-state index contributed by atoms with van der Waals surface area (Å²) in [5.41, 5.74) is -0.0618. The monoisotopic (exact) mass is 279 g/mol. The van der Waals surface area contributed by atoms with Crippen molar-refractivity contribution in [3.8, 4) is 0 Å². The minimum Gasteiger partial charge on any atom is -0.479 e. The van der Waals surface area contributed by atoms with Gasteiger partial charge in [0, 0.05) is 25.7 Å². The van der Waals surface area contributed by atoms with Crippen molar-refractivity contribution >= 4 is 11.9 Å². The number of carbonyl (C=O) groups is 2. The number of nitrogens with one attached hydrogen (secondary N) is 1. The molecule has 0 radical (unpaired) electrons. The predicted molar refractivity (Wildman–Crippen MR) is 70.4 cm³/mol. The van der Waals surface area contributed by atoms with Crippen molar-refractivity contribution in [2.45, 2.75) is 18.6 Å². The largest absolute Gasteiger partial charge is 0.479 e. The van der Waals surface area contributed by atoms with E-state index >= 15 is 0 Å². The topological polar surface area (TPSA) is 84.9 Å². The summed E-state index contributed by atoms with van der Waals surface area (Å²) in [6.07, 6.45) is 0.270. The van der Waals surface area contributed by atoms with Gasteiger partial charge in [-0.05, 0) is 17.7 Å². The van der Waals surface area contributed by atoms with Crippen molar-refractivity contribution in [1.82, 2.24) is 5.32 Å². The summed E-state index contributed by atoms with van der Waals surface area (Å²) >= 11 is 0. The molecule has 20 heavy (non-hydrogen) atoms. The maximum Gasteiger partial charge on any atom is 0.331 e. The van der Waals surface area contributed by atoms with E-state index in [0.29, 0.717) is 18.8 Å². The van der Waals surface area contributed by atoms with Crippen LogP contribution in [0.2, 0.25) is 0 Å². The van der Waals surface area contributed by atoms with Crippen molar-refractivity contribution in [3.05, 3.63) is 35.4 Å². The van der Waals surface area contributed by atoms with E-state index in [1.807, 2.05) is 6.07 Å². The molecule has 1 aliphatic rings. The smallest absolute Gasteiger partial charge is 0.331 e. The third kappa shape index (κ3) is 2.97. The number of aliphatic carboxylic acids is 1. The number of amides is 1. The van der Waals surface area contributed by atoms with Gasteiger partial charge >= 0.3 is 5.97 Å². The van der Waals surface area contributed by atoms with Crippen LogP contribution in [-0.2, 0) is 20.9 Å². The number of carbonyl (C=O) groups excluding carboxylic acids is 1. The van der Waals surface area contributed by atoms with E-state index in [0.717, 1.165) is 5.56 Å². The Hall–Kier alpha value is -1.92. The second-order valence-corrected chi connectivity index (χ2v) is 4.78. The van der Waals surface area contributed by atoms with Gasteiger partial charge in [-0.15, -0.1) is 0 Å². The van der Waals surface area contributed by atoms with E-state index in [-0.39, 0.29) is 13.0 Å². The molecular formula is C14H17NO5. The number of rotatable bonds is 5. The second kappa shape index (κ2) is 6.02. The lowest BCUT2D eigenvalue weighted by atomic mass is 9.98. The van der Waals surface area contributed by atoms with Crippen LogP contribution in [0, 0.1) is 0 Å². The van der Waals surface area contributed by atoms with Crippen molar-refractivity contribution in [2.24, 2.45) is 0 Å². The van der Waals surface area contributed by atoms with Gasteiger partial charge < -0.3 is 19.9 Å². The maximum atomic E-state index is 12.2. The predicted octanol–water partition coefficient (Wildman–Crippen LogP) is 0.806. The zero-order chi connectivity index (χ0) is 14.6. The Balaban J connectivity index is 2.15. The van der Waals surface area contributed by atoms with Crippen LogP contribution in [0.3, 0.4) is 0 Å². The van der Waals surface area contributed by atoms with E-state index in [1.165, 1.54) is 0 Å². The summed E-state index contributed by atoms with van der Waals surface area (Å²) in [5, 5.41) is 11.9. The zero-order valence-corrected chi connectivity index (χ0v) is 11.2. The van der Waals surface area contributed by atoms with Crippen molar-refractivity contribution in [3.63, 3.8) is 0 Å². The molecule has 1 amide bonds. The van der Waals surface area contributed by atoms with Gasteiger partial charge in [0.1, 0.15) is 0 Å². The molecule has 1 saturated heterocycles. The van der Waals surface area contributed by atoms with Gasteiger partial charge in [0.2, 0.25) is 0 Å². The lowest BCUT2D eigenvalue weighted by molar-refractivity contribution is -0.144. The first-order valence-electron chi connectivity index (χ1n) is 6.29. The molecule has 2 N–H and O–H groups in total. The number of ether oxygens (including phenoxy) is 2. The first-order valence-corrected chi connectivity index (χ1v) is 6.29. The summed E-state index contributed by atoms with van der Waals surface area (Å²) in [6.45, 7) is 0.719. The molecule has 0 saturated carbocycles. The molecule has 1 aliphatic heterocycles. The Bertz CT molecular complexity index is 508. The fourth-order valence-corrected chi connectivity index (χ4v) is 2.14. The van der Waals surface area contributed by atoms with E-state index in [4.69, 9.17) is 9.47 Å². The van der Waals surface area contributed by atoms with E-state index in [2.05, 4.69) is 5.32 Å². The van der Waals surface area contributed by atoms with E-state index in [9.17, 15) is 14.7 Å². The van der Waals surface area contributed by atoms with Crippen LogP contribution in [0.1, 0.15) is 22.3 Å². The molecule has 2 rings (SSSR count). The molecule has 1 aromatic rings. The Morgan fingerprint density at radius 3 is 2.90 bits per heavy atom. The molecule has 0 spiro atoms. The molecule has 0 aliphatic carbocycles. The Morgan fingerprint density at radius 1 is 1.50 bits per heavy atom.